The molecule has 0 saturated heterocycles. The van der Waals surface area contributed by atoms with Gasteiger partial charge in [-0.1, -0.05) is 6.07 Å². The number of hydrogen-bond acceptors (Lipinski definition) is 6. The minimum atomic E-state index is -0.588. The van der Waals surface area contributed by atoms with Crippen molar-refractivity contribution in [3.8, 4) is 17.2 Å². The van der Waals surface area contributed by atoms with Crippen molar-refractivity contribution in [1.82, 2.24) is 0 Å². The van der Waals surface area contributed by atoms with Gasteiger partial charge in [0, 0.05) is 0 Å². The number of ether oxygens (including phenoxy) is 3. The van der Waals surface area contributed by atoms with E-state index in [1.54, 1.807) is 18.2 Å². The fraction of sp³-hybridized carbons (Fsp3) is 0.176. The van der Waals surface area contributed by atoms with Gasteiger partial charge in [0.2, 0.25) is 0 Å². The van der Waals surface area contributed by atoms with Gasteiger partial charge in [0.25, 0.3) is 5.91 Å². The van der Waals surface area contributed by atoms with Crippen molar-refractivity contribution < 1.29 is 28.9 Å². The molecule has 2 aromatic carbocycles. The van der Waals surface area contributed by atoms with E-state index in [0.717, 1.165) is 0 Å². The van der Waals surface area contributed by atoms with Crippen molar-refractivity contribution in [2.24, 2.45) is 0 Å². The summed E-state index contributed by atoms with van der Waals surface area (Å²) in [6, 6.07) is 8.98. The first-order chi connectivity index (χ1) is 11.5. The van der Waals surface area contributed by atoms with E-state index in [-0.39, 0.29) is 22.6 Å². The van der Waals surface area contributed by atoms with Crippen LogP contribution in [-0.2, 0) is 4.74 Å². The smallest absolute Gasteiger partial charge is 0.337 e. The van der Waals surface area contributed by atoms with Crippen LogP contribution in [0.3, 0.4) is 0 Å². The number of phenols is 1. The summed E-state index contributed by atoms with van der Waals surface area (Å²) in [5, 5.41) is 12.6. The highest BCUT2D eigenvalue weighted by molar-refractivity contribution is 6.09. The number of hydrogen-bond donors (Lipinski definition) is 2. The van der Waals surface area contributed by atoms with E-state index >= 15 is 0 Å². The van der Waals surface area contributed by atoms with E-state index in [2.05, 4.69) is 10.1 Å². The van der Waals surface area contributed by atoms with Crippen molar-refractivity contribution in [1.29, 1.82) is 0 Å². The molecule has 0 aliphatic rings. The van der Waals surface area contributed by atoms with E-state index < -0.39 is 11.9 Å². The van der Waals surface area contributed by atoms with Crippen LogP contribution in [0.2, 0.25) is 0 Å². The molecular weight excluding hydrogens is 314 g/mol. The number of carbonyl (C=O) groups excluding carboxylic acids is 2. The Morgan fingerprint density at radius 2 is 1.62 bits per heavy atom. The van der Waals surface area contributed by atoms with Gasteiger partial charge in [-0.2, -0.15) is 0 Å². The minimum Gasteiger partial charge on any atom is -0.506 e. The second-order valence-corrected chi connectivity index (χ2v) is 4.72. The molecule has 126 valence electrons. The van der Waals surface area contributed by atoms with E-state index in [9.17, 15) is 14.7 Å². The van der Waals surface area contributed by atoms with Gasteiger partial charge >= 0.3 is 5.97 Å². The van der Waals surface area contributed by atoms with Crippen molar-refractivity contribution in [3.05, 3.63) is 47.5 Å². The molecule has 2 N–H and O–H groups in total. The molecule has 0 atom stereocenters. The molecule has 0 heterocycles. The molecule has 24 heavy (non-hydrogen) atoms. The second-order valence-electron chi connectivity index (χ2n) is 4.72. The molecule has 0 aromatic heterocycles. The van der Waals surface area contributed by atoms with E-state index in [1.165, 1.54) is 39.5 Å². The number of methoxy groups -OCH3 is 3. The lowest BCUT2D eigenvalue weighted by Gasteiger charge is -2.14. The summed E-state index contributed by atoms with van der Waals surface area (Å²) in [7, 11) is 4.12. The van der Waals surface area contributed by atoms with Crippen LogP contribution in [0.4, 0.5) is 5.69 Å². The van der Waals surface area contributed by atoms with Crippen LogP contribution >= 0.6 is 0 Å². The van der Waals surface area contributed by atoms with Gasteiger partial charge in [0.15, 0.2) is 0 Å². The Morgan fingerprint density at radius 1 is 1.00 bits per heavy atom. The van der Waals surface area contributed by atoms with Gasteiger partial charge < -0.3 is 24.6 Å². The minimum absolute atomic E-state index is 0.139. The third-order valence-electron chi connectivity index (χ3n) is 3.32. The second kappa shape index (κ2) is 7.36. The van der Waals surface area contributed by atoms with Crippen LogP contribution in [0.15, 0.2) is 36.4 Å². The molecule has 0 aliphatic heterocycles. The maximum absolute atomic E-state index is 12.5. The standard InChI is InChI=1S/C17H17NO6/c1-22-13-5-4-6-14(23-2)15(13)16(20)18-11-8-7-10(9-12(11)19)17(21)24-3/h4-9,19H,1-3H3,(H,18,20). The lowest BCUT2D eigenvalue weighted by Crippen LogP contribution is -2.15. The molecule has 0 unspecified atom stereocenters. The number of rotatable bonds is 5. The van der Waals surface area contributed by atoms with Crippen LogP contribution in [0, 0.1) is 0 Å². The number of phenolic OH excluding ortho intramolecular Hbond substituents is 1. The fourth-order valence-electron chi connectivity index (χ4n) is 2.14. The van der Waals surface area contributed by atoms with Crippen LogP contribution in [0.5, 0.6) is 17.2 Å². The van der Waals surface area contributed by atoms with E-state index in [1.807, 2.05) is 0 Å². The number of aromatic hydroxyl groups is 1. The zero-order valence-electron chi connectivity index (χ0n) is 13.5. The zero-order chi connectivity index (χ0) is 17.7. The molecule has 0 fully saturated rings. The molecular formula is C17H17NO6. The van der Waals surface area contributed by atoms with E-state index in [0.29, 0.717) is 11.5 Å². The summed E-state index contributed by atoms with van der Waals surface area (Å²) >= 11 is 0. The maximum Gasteiger partial charge on any atom is 0.337 e. The lowest BCUT2D eigenvalue weighted by molar-refractivity contribution is 0.0600. The summed E-state index contributed by atoms with van der Waals surface area (Å²) in [5.41, 5.74) is 0.502. The van der Waals surface area contributed by atoms with Crippen LogP contribution in [0.1, 0.15) is 20.7 Å². The highest BCUT2D eigenvalue weighted by atomic mass is 16.5. The van der Waals surface area contributed by atoms with Crippen LogP contribution in [0.25, 0.3) is 0 Å². The molecule has 7 nitrogen and oxygen atoms in total. The summed E-state index contributed by atoms with van der Waals surface area (Å²) in [6.45, 7) is 0. The number of benzene rings is 2. The van der Waals surface area contributed by atoms with Gasteiger partial charge in [-0.15, -0.1) is 0 Å². The topological polar surface area (TPSA) is 94.1 Å². The number of anilines is 1. The van der Waals surface area contributed by atoms with Crippen molar-refractivity contribution in [3.63, 3.8) is 0 Å². The van der Waals surface area contributed by atoms with Gasteiger partial charge in [0.1, 0.15) is 22.8 Å². The van der Waals surface area contributed by atoms with Gasteiger partial charge in [-0.05, 0) is 30.3 Å². The summed E-state index contributed by atoms with van der Waals surface area (Å²) in [4.78, 5) is 24.0. The van der Waals surface area contributed by atoms with Gasteiger partial charge in [-0.3, -0.25) is 4.79 Å². The summed E-state index contributed by atoms with van der Waals surface area (Å²) in [5.74, 6) is -0.713. The average molecular weight is 331 g/mol. The number of amides is 1. The van der Waals surface area contributed by atoms with Crippen LogP contribution in [-0.4, -0.2) is 38.3 Å². The Morgan fingerprint density at radius 3 is 2.12 bits per heavy atom. The predicted molar refractivity (Wildman–Crippen MR) is 86.9 cm³/mol. The Balaban J connectivity index is 2.32. The molecule has 1 amide bonds. The van der Waals surface area contributed by atoms with Gasteiger partial charge in [-0.25, -0.2) is 4.79 Å². The highest BCUT2D eigenvalue weighted by Crippen LogP contribution is 2.31. The third-order valence-corrected chi connectivity index (χ3v) is 3.32. The van der Waals surface area contributed by atoms with Crippen molar-refractivity contribution in [2.75, 3.05) is 26.6 Å². The molecule has 2 aromatic rings. The monoisotopic (exact) mass is 331 g/mol. The van der Waals surface area contributed by atoms with E-state index in [4.69, 9.17) is 9.47 Å². The predicted octanol–water partition coefficient (Wildman–Crippen LogP) is 2.45. The number of esters is 1. The van der Waals surface area contributed by atoms with Crippen molar-refractivity contribution >= 4 is 17.6 Å². The molecule has 0 bridgehead atoms. The molecule has 0 aliphatic carbocycles. The Hall–Kier alpha value is -3.22. The largest absolute Gasteiger partial charge is 0.506 e. The molecule has 2 rings (SSSR count). The molecule has 7 heteroatoms. The number of nitrogens with one attached hydrogen (secondary N) is 1. The van der Waals surface area contributed by atoms with Crippen molar-refractivity contribution in [2.45, 2.75) is 0 Å². The lowest BCUT2D eigenvalue weighted by atomic mass is 10.1. The molecule has 0 saturated carbocycles. The summed E-state index contributed by atoms with van der Waals surface area (Å²) in [6.07, 6.45) is 0. The fourth-order valence-corrected chi connectivity index (χ4v) is 2.14. The Bertz CT molecular complexity index is 749. The molecule has 0 radical (unpaired) electrons. The quantitative estimate of drug-likeness (QED) is 0.645. The number of carbonyl (C=O) groups is 2. The summed E-state index contributed by atoms with van der Waals surface area (Å²) < 4.78 is 14.9. The Labute approximate surface area is 138 Å². The Kier molecular flexibility index (Phi) is 5.26. The normalized spacial score (nSPS) is 9.96. The SMILES string of the molecule is COC(=O)c1ccc(NC(=O)c2c(OC)cccc2OC)c(O)c1. The first kappa shape index (κ1) is 17.1. The van der Waals surface area contributed by atoms with Gasteiger partial charge in [0.05, 0.1) is 32.6 Å². The first-order valence-corrected chi connectivity index (χ1v) is 6.95. The maximum atomic E-state index is 12.5. The van der Waals surface area contributed by atoms with Crippen LogP contribution < -0.4 is 14.8 Å². The first-order valence-electron chi connectivity index (χ1n) is 6.95. The molecule has 0 spiro atoms. The zero-order valence-corrected chi connectivity index (χ0v) is 13.5. The average Bonchev–Trinajstić information content (AvgIpc) is 2.61. The third kappa shape index (κ3) is 3.40. The highest BCUT2D eigenvalue weighted by Gasteiger charge is 2.19.